The van der Waals surface area contributed by atoms with Crippen molar-refractivity contribution in [2.24, 2.45) is 5.92 Å². The molecule has 2 N–H and O–H groups in total. The molecule has 2 rings (SSSR count). The molecule has 0 bridgehead atoms. The van der Waals surface area contributed by atoms with Crippen molar-refractivity contribution in [1.29, 1.82) is 5.26 Å². The molecule has 112 valence electrons. The van der Waals surface area contributed by atoms with E-state index in [-0.39, 0.29) is 5.91 Å². The first-order chi connectivity index (χ1) is 10.6. The van der Waals surface area contributed by atoms with E-state index in [2.05, 4.69) is 21.7 Å². The van der Waals surface area contributed by atoms with Crippen LogP contribution in [0.5, 0.6) is 0 Å². The number of rotatable bonds is 5. The maximum absolute atomic E-state index is 11.7. The molecule has 0 radical (unpaired) electrons. The van der Waals surface area contributed by atoms with Gasteiger partial charge in [0.05, 0.1) is 23.5 Å². The van der Waals surface area contributed by atoms with Crippen molar-refractivity contribution in [1.82, 2.24) is 4.98 Å². The number of carbonyl (C=O) groups is 1. The first-order valence-corrected chi connectivity index (χ1v) is 7.10. The highest BCUT2D eigenvalue weighted by atomic mass is 16.1. The van der Waals surface area contributed by atoms with Crippen LogP contribution in [0.3, 0.4) is 0 Å². The van der Waals surface area contributed by atoms with Crippen molar-refractivity contribution in [2.45, 2.75) is 20.3 Å². The molecule has 22 heavy (non-hydrogen) atoms. The van der Waals surface area contributed by atoms with E-state index in [1.807, 2.05) is 32.0 Å². The van der Waals surface area contributed by atoms with E-state index in [1.165, 1.54) is 0 Å². The van der Waals surface area contributed by atoms with Gasteiger partial charge in [0.25, 0.3) is 0 Å². The van der Waals surface area contributed by atoms with Gasteiger partial charge in [0.15, 0.2) is 0 Å². The van der Waals surface area contributed by atoms with Gasteiger partial charge in [-0.05, 0) is 36.2 Å². The Labute approximate surface area is 130 Å². The van der Waals surface area contributed by atoms with Crippen molar-refractivity contribution in [3.8, 4) is 6.07 Å². The Hall–Kier alpha value is -2.87. The summed E-state index contributed by atoms with van der Waals surface area (Å²) in [5.41, 5.74) is 2.20. The Kier molecular flexibility index (Phi) is 5.10. The van der Waals surface area contributed by atoms with Gasteiger partial charge in [-0.15, -0.1) is 0 Å². The van der Waals surface area contributed by atoms with Crippen molar-refractivity contribution < 1.29 is 4.79 Å². The number of hydrogen-bond acceptors (Lipinski definition) is 4. The quantitative estimate of drug-likeness (QED) is 0.881. The van der Waals surface area contributed by atoms with E-state index in [0.29, 0.717) is 23.7 Å². The number of nitrogens with one attached hydrogen (secondary N) is 2. The van der Waals surface area contributed by atoms with Gasteiger partial charge in [-0.25, -0.2) is 4.98 Å². The van der Waals surface area contributed by atoms with Crippen LogP contribution in [0.2, 0.25) is 0 Å². The summed E-state index contributed by atoms with van der Waals surface area (Å²) in [7, 11) is 0. The van der Waals surface area contributed by atoms with Gasteiger partial charge in [-0.1, -0.05) is 19.9 Å². The smallest absolute Gasteiger partial charge is 0.225 e. The summed E-state index contributed by atoms with van der Waals surface area (Å²) in [5, 5.41) is 14.8. The van der Waals surface area contributed by atoms with Crippen LogP contribution in [-0.2, 0) is 4.79 Å². The lowest BCUT2D eigenvalue weighted by atomic mass is 10.1. The maximum atomic E-state index is 11.7. The average molecular weight is 294 g/mol. The molecule has 5 heteroatoms. The first kappa shape index (κ1) is 15.5. The van der Waals surface area contributed by atoms with E-state index >= 15 is 0 Å². The van der Waals surface area contributed by atoms with Gasteiger partial charge < -0.3 is 10.6 Å². The van der Waals surface area contributed by atoms with E-state index in [9.17, 15) is 4.79 Å². The van der Waals surface area contributed by atoms with Gasteiger partial charge in [-0.3, -0.25) is 4.79 Å². The molecule has 1 aromatic carbocycles. The normalized spacial score (nSPS) is 10.1. The Morgan fingerprint density at radius 2 is 2.09 bits per heavy atom. The lowest BCUT2D eigenvalue weighted by molar-refractivity contribution is -0.116. The minimum absolute atomic E-state index is 0.0371. The predicted molar refractivity (Wildman–Crippen MR) is 86.8 cm³/mol. The molecule has 0 aliphatic carbocycles. The van der Waals surface area contributed by atoms with Crippen LogP contribution >= 0.6 is 0 Å². The number of hydrogen-bond donors (Lipinski definition) is 2. The largest absolute Gasteiger partial charge is 0.354 e. The number of pyridine rings is 1. The molecule has 0 spiro atoms. The van der Waals surface area contributed by atoms with Crippen LogP contribution in [-0.4, -0.2) is 10.9 Å². The van der Waals surface area contributed by atoms with Crippen molar-refractivity contribution in [3.63, 3.8) is 0 Å². The molecule has 0 unspecified atom stereocenters. The molecule has 5 nitrogen and oxygen atoms in total. The zero-order valence-corrected chi connectivity index (χ0v) is 12.6. The highest BCUT2D eigenvalue weighted by Crippen LogP contribution is 2.18. The van der Waals surface area contributed by atoms with Gasteiger partial charge >= 0.3 is 0 Å². The fourth-order valence-electron chi connectivity index (χ4n) is 1.94. The number of anilines is 3. The molecule has 1 amide bonds. The second kappa shape index (κ2) is 7.23. The number of benzene rings is 1. The summed E-state index contributed by atoms with van der Waals surface area (Å²) < 4.78 is 0. The Bertz CT molecular complexity index is 687. The minimum Gasteiger partial charge on any atom is -0.354 e. The van der Waals surface area contributed by atoms with Crippen LogP contribution in [0.15, 0.2) is 42.6 Å². The highest BCUT2D eigenvalue weighted by Gasteiger charge is 2.06. The number of nitriles is 1. The zero-order valence-electron chi connectivity index (χ0n) is 12.6. The highest BCUT2D eigenvalue weighted by molar-refractivity contribution is 5.89. The van der Waals surface area contributed by atoms with Gasteiger partial charge in [0.2, 0.25) is 5.91 Å². The lowest BCUT2D eigenvalue weighted by Crippen LogP contribution is -2.14. The molecule has 2 aromatic rings. The van der Waals surface area contributed by atoms with Crippen molar-refractivity contribution >= 4 is 23.1 Å². The summed E-state index contributed by atoms with van der Waals surface area (Å²) >= 11 is 0. The van der Waals surface area contributed by atoms with E-state index in [4.69, 9.17) is 5.26 Å². The maximum Gasteiger partial charge on any atom is 0.225 e. The Morgan fingerprint density at radius 1 is 1.27 bits per heavy atom. The fraction of sp³-hybridized carbons (Fsp3) is 0.235. The van der Waals surface area contributed by atoms with Crippen LogP contribution < -0.4 is 10.6 Å². The van der Waals surface area contributed by atoms with Gasteiger partial charge in [0.1, 0.15) is 5.82 Å². The Morgan fingerprint density at radius 3 is 2.73 bits per heavy atom. The van der Waals surface area contributed by atoms with Crippen LogP contribution in [0.25, 0.3) is 0 Å². The van der Waals surface area contributed by atoms with E-state index < -0.39 is 0 Å². The van der Waals surface area contributed by atoms with Crippen LogP contribution in [0.4, 0.5) is 17.2 Å². The summed E-state index contributed by atoms with van der Waals surface area (Å²) in [6, 6.07) is 12.9. The van der Waals surface area contributed by atoms with Crippen molar-refractivity contribution in [3.05, 3.63) is 48.2 Å². The number of carbonyl (C=O) groups excluding carboxylic acids is 1. The molecule has 1 aromatic heterocycles. The van der Waals surface area contributed by atoms with E-state index in [0.717, 1.165) is 11.4 Å². The predicted octanol–water partition coefficient (Wildman–Crippen LogP) is 3.68. The number of nitrogens with zero attached hydrogens (tertiary/aromatic N) is 2. The molecule has 0 saturated heterocycles. The summed E-state index contributed by atoms with van der Waals surface area (Å²) in [5.74, 6) is 0.806. The summed E-state index contributed by atoms with van der Waals surface area (Å²) in [6.45, 7) is 3.99. The van der Waals surface area contributed by atoms with Crippen LogP contribution in [0.1, 0.15) is 25.8 Å². The van der Waals surface area contributed by atoms with Crippen LogP contribution in [0, 0.1) is 17.2 Å². The Balaban J connectivity index is 2.00. The second-order valence-corrected chi connectivity index (χ2v) is 5.40. The van der Waals surface area contributed by atoms with Gasteiger partial charge in [-0.2, -0.15) is 5.26 Å². The third-order valence-corrected chi connectivity index (χ3v) is 2.90. The van der Waals surface area contributed by atoms with Gasteiger partial charge in [0, 0.05) is 12.1 Å². The summed E-state index contributed by atoms with van der Waals surface area (Å²) in [6.07, 6.45) is 2.12. The molecular formula is C17H18N4O. The SMILES string of the molecule is CC(C)CC(=O)Nc1ccc(Nc2cccc(C#N)c2)cn1. The minimum atomic E-state index is -0.0371. The molecular weight excluding hydrogens is 276 g/mol. The standard InChI is InChI=1S/C17H18N4O/c1-12(2)8-17(22)21-16-7-6-15(11-19-16)20-14-5-3-4-13(9-14)10-18/h3-7,9,11-12,20H,8H2,1-2H3,(H,19,21,22). The summed E-state index contributed by atoms with van der Waals surface area (Å²) in [4.78, 5) is 15.9. The molecule has 0 atom stereocenters. The lowest BCUT2D eigenvalue weighted by Gasteiger charge is -2.09. The first-order valence-electron chi connectivity index (χ1n) is 7.10. The molecule has 1 heterocycles. The van der Waals surface area contributed by atoms with Crippen molar-refractivity contribution in [2.75, 3.05) is 10.6 Å². The second-order valence-electron chi connectivity index (χ2n) is 5.40. The molecule has 0 aliphatic heterocycles. The topological polar surface area (TPSA) is 77.8 Å². The average Bonchev–Trinajstić information content (AvgIpc) is 2.48. The molecule has 0 fully saturated rings. The number of amides is 1. The van der Waals surface area contributed by atoms with E-state index in [1.54, 1.807) is 24.4 Å². The molecule has 0 aliphatic rings. The number of aromatic nitrogens is 1. The third-order valence-electron chi connectivity index (χ3n) is 2.90. The molecule has 0 saturated carbocycles. The zero-order chi connectivity index (χ0) is 15.9. The third kappa shape index (κ3) is 4.60. The fourth-order valence-corrected chi connectivity index (χ4v) is 1.94. The monoisotopic (exact) mass is 294 g/mol.